The molecule has 0 aliphatic carbocycles. The van der Waals surface area contributed by atoms with Crippen LogP contribution in [0, 0.1) is 11.8 Å². The number of nitrogens with zero attached hydrogens (tertiary/aromatic N) is 3. The molecule has 0 amide bonds. The molecule has 1 heterocycles. The number of aromatic nitrogens is 3. The number of ether oxygens (including phenoxy) is 2. The fourth-order valence-corrected chi connectivity index (χ4v) is 1.88. The molecular weight excluding hydrogens is 274 g/mol. The molecule has 0 atom stereocenters. The molecule has 0 bridgehead atoms. The van der Waals surface area contributed by atoms with E-state index in [4.69, 9.17) is 9.47 Å². The lowest BCUT2D eigenvalue weighted by Gasteiger charge is -2.15. The standard InChI is InChI=1S/C14H23N3O4/c1-5-20-13(18)11(14(19)21-6-2)7-12-15-9-16-17(12)8-10(3)4/h9-11H,5-8H2,1-4H3. The van der Waals surface area contributed by atoms with E-state index in [1.54, 1.807) is 18.5 Å². The summed E-state index contributed by atoms with van der Waals surface area (Å²) in [5, 5.41) is 4.12. The van der Waals surface area contributed by atoms with Gasteiger partial charge in [-0.15, -0.1) is 0 Å². The van der Waals surface area contributed by atoms with Crippen molar-refractivity contribution >= 4 is 11.9 Å². The molecule has 7 heteroatoms. The first-order valence-corrected chi connectivity index (χ1v) is 7.19. The fraction of sp³-hybridized carbons (Fsp3) is 0.714. The lowest BCUT2D eigenvalue weighted by atomic mass is 10.1. The molecule has 118 valence electrons. The third kappa shape index (κ3) is 5.17. The molecule has 1 aromatic rings. The Labute approximate surface area is 124 Å². The molecule has 21 heavy (non-hydrogen) atoms. The summed E-state index contributed by atoms with van der Waals surface area (Å²) in [6.45, 7) is 8.61. The van der Waals surface area contributed by atoms with Crippen LogP contribution in [-0.2, 0) is 32.0 Å². The molecule has 0 radical (unpaired) electrons. The minimum atomic E-state index is -1.000. The van der Waals surface area contributed by atoms with Gasteiger partial charge in [0.25, 0.3) is 0 Å². The van der Waals surface area contributed by atoms with Gasteiger partial charge in [0.05, 0.1) is 13.2 Å². The monoisotopic (exact) mass is 297 g/mol. The van der Waals surface area contributed by atoms with Gasteiger partial charge >= 0.3 is 11.9 Å². The van der Waals surface area contributed by atoms with E-state index >= 15 is 0 Å². The second-order valence-corrected chi connectivity index (χ2v) is 5.01. The van der Waals surface area contributed by atoms with Gasteiger partial charge in [-0.25, -0.2) is 9.67 Å². The lowest BCUT2D eigenvalue weighted by molar-refractivity contribution is -0.161. The van der Waals surface area contributed by atoms with Crippen LogP contribution in [0.4, 0.5) is 0 Å². The predicted octanol–water partition coefficient (Wildman–Crippen LogP) is 1.22. The summed E-state index contributed by atoms with van der Waals surface area (Å²) in [4.78, 5) is 28.0. The summed E-state index contributed by atoms with van der Waals surface area (Å²) in [5.41, 5.74) is 0. The first kappa shape index (κ1) is 17.1. The van der Waals surface area contributed by atoms with E-state index in [0.717, 1.165) is 0 Å². The molecule has 0 aliphatic rings. The number of carbonyl (C=O) groups excluding carboxylic acids is 2. The van der Waals surface area contributed by atoms with E-state index in [9.17, 15) is 9.59 Å². The fourth-order valence-electron chi connectivity index (χ4n) is 1.88. The Morgan fingerprint density at radius 3 is 2.24 bits per heavy atom. The van der Waals surface area contributed by atoms with Gasteiger partial charge < -0.3 is 9.47 Å². The molecule has 0 spiro atoms. The Kier molecular flexibility index (Phi) is 6.84. The average Bonchev–Trinajstić information content (AvgIpc) is 2.82. The quantitative estimate of drug-likeness (QED) is 0.530. The van der Waals surface area contributed by atoms with Crippen LogP contribution in [-0.4, -0.2) is 39.9 Å². The maximum Gasteiger partial charge on any atom is 0.320 e. The minimum absolute atomic E-state index is 0.129. The van der Waals surface area contributed by atoms with E-state index in [0.29, 0.717) is 18.3 Å². The van der Waals surface area contributed by atoms with Crippen molar-refractivity contribution in [1.82, 2.24) is 14.8 Å². The summed E-state index contributed by atoms with van der Waals surface area (Å²) in [7, 11) is 0. The van der Waals surface area contributed by atoms with Crippen LogP contribution in [0.5, 0.6) is 0 Å². The van der Waals surface area contributed by atoms with Gasteiger partial charge in [-0.3, -0.25) is 9.59 Å². The van der Waals surface area contributed by atoms with Crippen molar-refractivity contribution in [3.63, 3.8) is 0 Å². The Bertz CT molecular complexity index is 453. The van der Waals surface area contributed by atoms with Crippen molar-refractivity contribution in [2.24, 2.45) is 11.8 Å². The van der Waals surface area contributed by atoms with Crippen LogP contribution in [0.25, 0.3) is 0 Å². The molecule has 0 N–H and O–H groups in total. The molecule has 0 saturated heterocycles. The van der Waals surface area contributed by atoms with Gasteiger partial charge in [-0.05, 0) is 19.8 Å². The Balaban J connectivity index is 2.88. The molecule has 0 unspecified atom stereocenters. The first-order chi connectivity index (χ1) is 9.99. The number of esters is 2. The van der Waals surface area contributed by atoms with Crippen molar-refractivity contribution in [3.05, 3.63) is 12.2 Å². The Hall–Kier alpha value is -1.92. The van der Waals surface area contributed by atoms with Crippen molar-refractivity contribution in [3.8, 4) is 0 Å². The topological polar surface area (TPSA) is 83.3 Å². The third-order valence-corrected chi connectivity index (χ3v) is 2.76. The van der Waals surface area contributed by atoms with Crippen molar-refractivity contribution in [1.29, 1.82) is 0 Å². The number of hydrogen-bond donors (Lipinski definition) is 0. The summed E-state index contributed by atoms with van der Waals surface area (Å²) < 4.78 is 11.6. The maximum atomic E-state index is 11.9. The molecule has 1 rings (SSSR count). The van der Waals surface area contributed by atoms with Crippen molar-refractivity contribution in [2.45, 2.75) is 40.7 Å². The second-order valence-electron chi connectivity index (χ2n) is 5.01. The number of carbonyl (C=O) groups is 2. The zero-order chi connectivity index (χ0) is 15.8. The summed E-state index contributed by atoms with van der Waals surface area (Å²) in [5.74, 6) is -1.21. The van der Waals surface area contributed by atoms with Crippen LogP contribution in [0.15, 0.2) is 6.33 Å². The SMILES string of the molecule is CCOC(=O)C(Cc1ncnn1CC(C)C)C(=O)OCC. The zero-order valence-electron chi connectivity index (χ0n) is 13.0. The van der Waals surface area contributed by atoms with Gasteiger partial charge in [-0.2, -0.15) is 5.10 Å². The van der Waals surface area contributed by atoms with Crippen LogP contribution in [0.3, 0.4) is 0 Å². The highest BCUT2D eigenvalue weighted by Gasteiger charge is 2.31. The predicted molar refractivity (Wildman–Crippen MR) is 75.3 cm³/mol. The molecular formula is C14H23N3O4. The zero-order valence-corrected chi connectivity index (χ0v) is 13.0. The van der Waals surface area contributed by atoms with Crippen LogP contribution >= 0.6 is 0 Å². The van der Waals surface area contributed by atoms with E-state index in [1.165, 1.54) is 6.33 Å². The Morgan fingerprint density at radius 2 is 1.76 bits per heavy atom. The molecule has 0 fully saturated rings. The molecule has 0 saturated carbocycles. The molecule has 0 aromatic carbocycles. The van der Waals surface area contributed by atoms with Gasteiger partial charge in [0.15, 0.2) is 5.92 Å². The molecule has 7 nitrogen and oxygen atoms in total. The van der Waals surface area contributed by atoms with Gasteiger partial charge in [0, 0.05) is 13.0 Å². The Morgan fingerprint density at radius 1 is 1.19 bits per heavy atom. The van der Waals surface area contributed by atoms with E-state index in [2.05, 4.69) is 23.9 Å². The summed E-state index contributed by atoms with van der Waals surface area (Å²) in [6.07, 6.45) is 1.55. The highest BCUT2D eigenvalue weighted by Crippen LogP contribution is 2.12. The largest absolute Gasteiger partial charge is 0.465 e. The van der Waals surface area contributed by atoms with Crippen LogP contribution < -0.4 is 0 Å². The highest BCUT2D eigenvalue weighted by molar-refractivity contribution is 5.95. The summed E-state index contributed by atoms with van der Waals surface area (Å²) in [6, 6.07) is 0. The van der Waals surface area contributed by atoms with E-state index in [-0.39, 0.29) is 19.6 Å². The highest BCUT2D eigenvalue weighted by atomic mass is 16.6. The maximum absolute atomic E-state index is 11.9. The molecule has 1 aromatic heterocycles. The van der Waals surface area contributed by atoms with Crippen molar-refractivity contribution < 1.29 is 19.1 Å². The second kappa shape index (κ2) is 8.39. The smallest absolute Gasteiger partial charge is 0.320 e. The summed E-state index contributed by atoms with van der Waals surface area (Å²) >= 11 is 0. The van der Waals surface area contributed by atoms with Gasteiger partial charge in [-0.1, -0.05) is 13.8 Å². The van der Waals surface area contributed by atoms with Crippen LogP contribution in [0.1, 0.15) is 33.5 Å². The average molecular weight is 297 g/mol. The lowest BCUT2D eigenvalue weighted by Crippen LogP contribution is -2.31. The number of rotatable bonds is 8. The van der Waals surface area contributed by atoms with Gasteiger partial charge in [0.2, 0.25) is 0 Å². The van der Waals surface area contributed by atoms with Gasteiger partial charge in [0.1, 0.15) is 12.2 Å². The van der Waals surface area contributed by atoms with Crippen molar-refractivity contribution in [2.75, 3.05) is 13.2 Å². The first-order valence-electron chi connectivity index (χ1n) is 7.19. The van der Waals surface area contributed by atoms with E-state index < -0.39 is 17.9 Å². The van der Waals surface area contributed by atoms with E-state index in [1.807, 2.05) is 0 Å². The number of hydrogen-bond acceptors (Lipinski definition) is 6. The van der Waals surface area contributed by atoms with Crippen LogP contribution in [0.2, 0.25) is 0 Å². The molecule has 0 aliphatic heterocycles. The minimum Gasteiger partial charge on any atom is -0.465 e. The normalized spacial score (nSPS) is 11.0. The third-order valence-electron chi connectivity index (χ3n) is 2.76.